The lowest BCUT2D eigenvalue weighted by atomic mass is 10.0. The Morgan fingerprint density at radius 1 is 0.923 bits per heavy atom. The van der Waals surface area contributed by atoms with E-state index in [2.05, 4.69) is 19.9 Å². The van der Waals surface area contributed by atoms with Gasteiger partial charge >= 0.3 is 0 Å². The Hall–Kier alpha value is -0.510. The van der Waals surface area contributed by atoms with Crippen LogP contribution in [0.2, 0.25) is 0 Å². The van der Waals surface area contributed by atoms with E-state index in [1.54, 1.807) is 0 Å². The molecule has 13 heavy (non-hydrogen) atoms. The molecule has 0 spiro atoms. The largest absolute Gasteiger partial charge is 0.198 e. The third-order valence-corrected chi connectivity index (χ3v) is 2.32. The van der Waals surface area contributed by atoms with Gasteiger partial charge in [-0.2, -0.15) is 5.26 Å². The molecule has 0 atom stereocenters. The maximum Gasteiger partial charge on any atom is 0.0621 e. The van der Waals surface area contributed by atoms with Gasteiger partial charge < -0.3 is 0 Å². The molecule has 0 radical (unpaired) electrons. The van der Waals surface area contributed by atoms with Crippen molar-refractivity contribution in [3.8, 4) is 6.07 Å². The quantitative estimate of drug-likeness (QED) is 0.512. The zero-order chi connectivity index (χ0) is 9.94. The lowest BCUT2D eigenvalue weighted by Gasteiger charge is -2.03. The van der Waals surface area contributed by atoms with Crippen molar-refractivity contribution in [2.75, 3.05) is 0 Å². The van der Waals surface area contributed by atoms with Crippen LogP contribution in [0.4, 0.5) is 0 Å². The molecule has 0 aliphatic carbocycles. The Labute approximate surface area is 83.1 Å². The predicted octanol–water partition coefficient (Wildman–Crippen LogP) is 4.29. The Balaban J connectivity index is 2.88. The van der Waals surface area contributed by atoms with Gasteiger partial charge in [-0.3, -0.25) is 0 Å². The van der Waals surface area contributed by atoms with E-state index in [1.165, 1.54) is 38.5 Å². The summed E-state index contributed by atoms with van der Waals surface area (Å²) in [5.41, 5.74) is 0. The van der Waals surface area contributed by atoms with E-state index in [-0.39, 0.29) is 0 Å². The van der Waals surface area contributed by atoms with Gasteiger partial charge in [-0.25, -0.2) is 0 Å². The summed E-state index contributed by atoms with van der Waals surface area (Å²) < 4.78 is 0. The average Bonchev–Trinajstić information content (AvgIpc) is 2.09. The van der Waals surface area contributed by atoms with Gasteiger partial charge in [0.2, 0.25) is 0 Å². The maximum absolute atomic E-state index is 8.32. The molecule has 76 valence electrons. The predicted molar refractivity (Wildman–Crippen MR) is 57.4 cm³/mol. The van der Waals surface area contributed by atoms with Crippen LogP contribution in [0.15, 0.2) is 0 Å². The van der Waals surface area contributed by atoms with Crippen LogP contribution in [0.1, 0.15) is 65.2 Å². The molecule has 0 aliphatic heterocycles. The first kappa shape index (κ1) is 12.5. The molecule has 0 heterocycles. The van der Waals surface area contributed by atoms with Crippen LogP contribution >= 0.6 is 0 Å². The van der Waals surface area contributed by atoms with Crippen LogP contribution in [-0.4, -0.2) is 0 Å². The second-order valence-electron chi connectivity index (χ2n) is 4.21. The molecule has 0 N–H and O–H groups in total. The molecule has 0 aromatic carbocycles. The van der Waals surface area contributed by atoms with Crippen molar-refractivity contribution in [1.29, 1.82) is 5.26 Å². The second-order valence-corrected chi connectivity index (χ2v) is 4.21. The average molecular weight is 181 g/mol. The van der Waals surface area contributed by atoms with Gasteiger partial charge in [-0.15, -0.1) is 0 Å². The number of nitriles is 1. The lowest BCUT2D eigenvalue weighted by molar-refractivity contribution is 0.512. The normalized spacial score (nSPS) is 10.3. The summed E-state index contributed by atoms with van der Waals surface area (Å²) in [7, 11) is 0. The van der Waals surface area contributed by atoms with Crippen molar-refractivity contribution in [1.82, 2.24) is 0 Å². The highest BCUT2D eigenvalue weighted by Gasteiger charge is 1.94. The zero-order valence-electron chi connectivity index (χ0n) is 9.18. The molecule has 0 amide bonds. The van der Waals surface area contributed by atoms with Crippen LogP contribution in [0.5, 0.6) is 0 Å². The van der Waals surface area contributed by atoms with E-state index in [0.717, 1.165) is 18.8 Å². The monoisotopic (exact) mass is 181 g/mol. The molecule has 0 saturated carbocycles. The highest BCUT2D eigenvalue weighted by atomic mass is 14.2. The third kappa shape index (κ3) is 11.5. The summed E-state index contributed by atoms with van der Waals surface area (Å²) in [5, 5.41) is 8.32. The van der Waals surface area contributed by atoms with E-state index in [9.17, 15) is 0 Å². The second kappa shape index (κ2) is 9.58. The highest BCUT2D eigenvalue weighted by molar-refractivity contribution is 4.67. The minimum absolute atomic E-state index is 0.742. The molecule has 1 heteroatoms. The van der Waals surface area contributed by atoms with Gasteiger partial charge in [0.15, 0.2) is 0 Å². The molecule has 0 rings (SSSR count). The van der Waals surface area contributed by atoms with Gasteiger partial charge in [0.05, 0.1) is 6.07 Å². The molecule has 0 bridgehead atoms. The van der Waals surface area contributed by atoms with Crippen LogP contribution in [0.25, 0.3) is 0 Å². The summed E-state index contributed by atoms with van der Waals surface area (Å²) >= 11 is 0. The van der Waals surface area contributed by atoms with E-state index in [4.69, 9.17) is 5.26 Å². The van der Waals surface area contributed by atoms with Crippen LogP contribution in [-0.2, 0) is 0 Å². The standard InChI is InChI=1S/C12H23N/c1-12(2)10-8-6-4-3-5-7-9-11-13/h12H,3-10H2,1-2H3. The van der Waals surface area contributed by atoms with Crippen molar-refractivity contribution >= 4 is 0 Å². The first-order chi connectivity index (χ1) is 6.27. The summed E-state index contributed by atoms with van der Waals surface area (Å²) in [4.78, 5) is 0. The fourth-order valence-corrected chi connectivity index (χ4v) is 1.46. The minimum atomic E-state index is 0.742. The Kier molecular flexibility index (Phi) is 9.20. The number of nitrogens with zero attached hydrogens (tertiary/aromatic N) is 1. The molecule has 1 nitrogen and oxygen atoms in total. The van der Waals surface area contributed by atoms with Crippen LogP contribution in [0, 0.1) is 17.2 Å². The van der Waals surface area contributed by atoms with Gasteiger partial charge in [0.25, 0.3) is 0 Å². The number of hydrogen-bond acceptors (Lipinski definition) is 1. The smallest absolute Gasteiger partial charge is 0.0621 e. The lowest BCUT2D eigenvalue weighted by Crippen LogP contribution is -1.87. The summed E-state index contributed by atoms with van der Waals surface area (Å²) in [6.07, 6.45) is 9.90. The molecule has 0 aromatic heterocycles. The molecule has 0 unspecified atom stereocenters. The third-order valence-electron chi connectivity index (χ3n) is 2.32. The zero-order valence-corrected chi connectivity index (χ0v) is 9.18. The van der Waals surface area contributed by atoms with Gasteiger partial charge in [-0.1, -0.05) is 52.4 Å². The Morgan fingerprint density at radius 2 is 1.46 bits per heavy atom. The van der Waals surface area contributed by atoms with Crippen molar-refractivity contribution in [3.63, 3.8) is 0 Å². The minimum Gasteiger partial charge on any atom is -0.198 e. The summed E-state index contributed by atoms with van der Waals surface area (Å²) in [6, 6.07) is 2.18. The number of rotatable bonds is 8. The molecule has 0 aliphatic rings. The van der Waals surface area contributed by atoms with E-state index in [1.807, 2.05) is 0 Å². The maximum atomic E-state index is 8.32. The van der Waals surface area contributed by atoms with Gasteiger partial charge in [-0.05, 0) is 12.3 Å². The Morgan fingerprint density at radius 3 is 2.00 bits per heavy atom. The molecular formula is C12H23N. The van der Waals surface area contributed by atoms with Crippen LogP contribution in [0.3, 0.4) is 0 Å². The van der Waals surface area contributed by atoms with Gasteiger partial charge in [0.1, 0.15) is 0 Å². The topological polar surface area (TPSA) is 23.8 Å². The van der Waals surface area contributed by atoms with Crippen molar-refractivity contribution in [2.45, 2.75) is 65.2 Å². The van der Waals surface area contributed by atoms with Crippen molar-refractivity contribution in [3.05, 3.63) is 0 Å². The van der Waals surface area contributed by atoms with Crippen LogP contribution < -0.4 is 0 Å². The highest BCUT2D eigenvalue weighted by Crippen LogP contribution is 2.11. The molecule has 0 fully saturated rings. The first-order valence-electron chi connectivity index (χ1n) is 5.64. The molecular weight excluding hydrogens is 158 g/mol. The summed E-state index contributed by atoms with van der Waals surface area (Å²) in [5.74, 6) is 0.860. The fraction of sp³-hybridized carbons (Fsp3) is 0.917. The summed E-state index contributed by atoms with van der Waals surface area (Å²) in [6.45, 7) is 4.57. The number of unbranched alkanes of at least 4 members (excludes halogenated alkanes) is 6. The first-order valence-corrected chi connectivity index (χ1v) is 5.64. The Bertz CT molecular complexity index is 133. The molecule has 0 aromatic rings. The van der Waals surface area contributed by atoms with Gasteiger partial charge in [0, 0.05) is 6.42 Å². The number of hydrogen-bond donors (Lipinski definition) is 0. The fourth-order valence-electron chi connectivity index (χ4n) is 1.46. The van der Waals surface area contributed by atoms with E-state index < -0.39 is 0 Å². The van der Waals surface area contributed by atoms with Crippen molar-refractivity contribution in [2.24, 2.45) is 5.92 Å². The SMILES string of the molecule is CC(C)CCCCCCCCC#N. The van der Waals surface area contributed by atoms with E-state index >= 15 is 0 Å². The molecule has 0 saturated heterocycles. The van der Waals surface area contributed by atoms with E-state index in [0.29, 0.717) is 0 Å². The van der Waals surface area contributed by atoms with Crippen molar-refractivity contribution < 1.29 is 0 Å².